The number of thiophene rings is 1. The number of aromatic amines is 1. The summed E-state index contributed by atoms with van der Waals surface area (Å²) in [5, 5.41) is 4.31. The fourth-order valence-electron chi connectivity index (χ4n) is 2.00. The number of imidazole rings is 1. The Morgan fingerprint density at radius 1 is 1.24 bits per heavy atom. The highest BCUT2D eigenvalue weighted by Gasteiger charge is 2.03. The smallest absolute Gasteiger partial charge is 0.178 e. The Morgan fingerprint density at radius 3 is 2.94 bits per heavy atom. The van der Waals surface area contributed by atoms with E-state index >= 15 is 0 Å². The monoisotopic (exact) mass is 260 g/mol. The minimum Gasteiger partial charge on any atom is -0.331 e. The number of benzene rings is 1. The van der Waals surface area contributed by atoms with Crippen molar-refractivity contribution in [3.63, 3.8) is 0 Å². The van der Waals surface area contributed by atoms with Crippen LogP contribution in [0, 0.1) is 4.77 Å². The lowest BCUT2D eigenvalue weighted by Crippen LogP contribution is -2.00. The fourth-order valence-corrected chi connectivity index (χ4v) is 3.01. The van der Waals surface area contributed by atoms with Gasteiger partial charge in [0.15, 0.2) is 4.77 Å². The van der Waals surface area contributed by atoms with E-state index in [9.17, 15) is 0 Å². The fraction of sp³-hybridized carbons (Fsp3) is 0.154. The predicted octanol–water partition coefficient (Wildman–Crippen LogP) is 4.00. The van der Waals surface area contributed by atoms with Gasteiger partial charge in [0.2, 0.25) is 0 Å². The number of fused-ring (bicyclic) bond motifs is 1. The van der Waals surface area contributed by atoms with Crippen molar-refractivity contribution in [1.29, 1.82) is 0 Å². The molecule has 0 radical (unpaired) electrons. The molecule has 0 aliphatic carbocycles. The molecule has 0 spiro atoms. The summed E-state index contributed by atoms with van der Waals surface area (Å²) < 4.78 is 2.98. The molecule has 0 saturated carbocycles. The molecule has 17 heavy (non-hydrogen) atoms. The van der Waals surface area contributed by atoms with Crippen LogP contribution in [0.5, 0.6) is 0 Å². The number of hydrogen-bond donors (Lipinski definition) is 1. The summed E-state index contributed by atoms with van der Waals surface area (Å²) in [5.41, 5.74) is 3.68. The molecule has 0 bridgehead atoms. The first-order chi connectivity index (χ1) is 8.34. The Balaban J connectivity index is 1.94. The molecule has 0 aliphatic heterocycles. The van der Waals surface area contributed by atoms with Crippen molar-refractivity contribution >= 4 is 34.6 Å². The van der Waals surface area contributed by atoms with Crippen LogP contribution in [-0.4, -0.2) is 9.55 Å². The molecule has 2 heterocycles. The lowest BCUT2D eigenvalue weighted by Gasteiger charge is -2.02. The van der Waals surface area contributed by atoms with Crippen molar-refractivity contribution in [2.75, 3.05) is 0 Å². The standard InChI is InChI=1S/C13H12N2S2/c16-13-14-11-3-1-2-4-12(11)15(13)7-5-10-6-8-17-9-10/h1-4,6,8-9H,5,7H2,(H,14,16). The predicted molar refractivity (Wildman–Crippen MR) is 75.1 cm³/mol. The van der Waals surface area contributed by atoms with E-state index in [-0.39, 0.29) is 0 Å². The van der Waals surface area contributed by atoms with Gasteiger partial charge in [0.25, 0.3) is 0 Å². The maximum Gasteiger partial charge on any atom is 0.178 e. The van der Waals surface area contributed by atoms with Crippen molar-refractivity contribution in [2.24, 2.45) is 0 Å². The number of hydrogen-bond acceptors (Lipinski definition) is 2. The third-order valence-corrected chi connectivity index (χ3v) is 3.94. The van der Waals surface area contributed by atoms with Crippen molar-refractivity contribution in [3.8, 4) is 0 Å². The Hall–Kier alpha value is -1.39. The molecule has 2 nitrogen and oxygen atoms in total. The van der Waals surface area contributed by atoms with E-state index in [4.69, 9.17) is 12.2 Å². The van der Waals surface area contributed by atoms with E-state index in [2.05, 4.69) is 38.5 Å². The van der Waals surface area contributed by atoms with Crippen LogP contribution in [-0.2, 0) is 13.0 Å². The van der Waals surface area contributed by atoms with E-state index in [1.807, 2.05) is 12.1 Å². The second-order valence-electron chi connectivity index (χ2n) is 3.98. The number of H-pyrrole nitrogens is 1. The molecule has 0 fully saturated rings. The van der Waals surface area contributed by atoms with Gasteiger partial charge >= 0.3 is 0 Å². The molecule has 0 atom stereocenters. The summed E-state index contributed by atoms with van der Waals surface area (Å²) >= 11 is 7.10. The maximum atomic E-state index is 5.36. The molecule has 0 saturated heterocycles. The summed E-state index contributed by atoms with van der Waals surface area (Å²) in [7, 11) is 0. The molecule has 0 aliphatic rings. The zero-order valence-corrected chi connectivity index (χ0v) is 10.9. The van der Waals surface area contributed by atoms with Crippen LogP contribution in [0.1, 0.15) is 5.56 Å². The van der Waals surface area contributed by atoms with Crippen LogP contribution in [0.4, 0.5) is 0 Å². The van der Waals surface area contributed by atoms with Crippen LogP contribution < -0.4 is 0 Å². The molecule has 2 aromatic heterocycles. The quantitative estimate of drug-likeness (QED) is 0.706. The van der Waals surface area contributed by atoms with E-state index in [1.165, 1.54) is 11.1 Å². The third-order valence-electron chi connectivity index (χ3n) is 2.89. The average molecular weight is 260 g/mol. The average Bonchev–Trinajstić information content (AvgIpc) is 2.93. The molecule has 0 unspecified atom stereocenters. The number of nitrogens with one attached hydrogen (secondary N) is 1. The number of aryl methyl sites for hydroxylation is 2. The Labute approximate surface area is 109 Å². The number of para-hydroxylation sites is 2. The largest absolute Gasteiger partial charge is 0.331 e. The Bertz CT molecular complexity index is 677. The van der Waals surface area contributed by atoms with Crippen molar-refractivity contribution in [3.05, 3.63) is 51.4 Å². The normalized spacial score (nSPS) is 11.1. The second kappa shape index (κ2) is 4.47. The van der Waals surface area contributed by atoms with Crippen LogP contribution in [0.25, 0.3) is 11.0 Å². The van der Waals surface area contributed by atoms with Crippen LogP contribution in [0.15, 0.2) is 41.1 Å². The lowest BCUT2D eigenvalue weighted by atomic mass is 10.2. The molecule has 86 valence electrons. The maximum absolute atomic E-state index is 5.36. The van der Waals surface area contributed by atoms with Gasteiger partial charge in [-0.2, -0.15) is 11.3 Å². The van der Waals surface area contributed by atoms with Gasteiger partial charge in [0.1, 0.15) is 0 Å². The number of aromatic nitrogens is 2. The minimum absolute atomic E-state index is 0.807. The van der Waals surface area contributed by atoms with Gasteiger partial charge < -0.3 is 9.55 Å². The van der Waals surface area contributed by atoms with Gasteiger partial charge in [-0.1, -0.05) is 12.1 Å². The van der Waals surface area contributed by atoms with Gasteiger partial charge in [0.05, 0.1) is 11.0 Å². The topological polar surface area (TPSA) is 20.7 Å². The minimum atomic E-state index is 0.807. The SMILES string of the molecule is S=c1[nH]c2ccccc2n1CCc1ccsc1. The summed E-state index contributed by atoms with van der Waals surface area (Å²) in [6.07, 6.45) is 1.03. The first kappa shape index (κ1) is 10.7. The molecule has 0 amide bonds. The Morgan fingerprint density at radius 2 is 2.12 bits per heavy atom. The van der Waals surface area contributed by atoms with E-state index in [1.54, 1.807) is 11.3 Å². The van der Waals surface area contributed by atoms with Gasteiger partial charge in [0, 0.05) is 6.54 Å². The highest BCUT2D eigenvalue weighted by atomic mass is 32.1. The molecule has 4 heteroatoms. The third kappa shape index (κ3) is 2.06. The van der Waals surface area contributed by atoms with Gasteiger partial charge in [-0.15, -0.1) is 0 Å². The van der Waals surface area contributed by atoms with E-state index < -0.39 is 0 Å². The first-order valence-corrected chi connectivity index (χ1v) is 6.88. The number of rotatable bonds is 3. The summed E-state index contributed by atoms with van der Waals surface area (Å²) in [5.74, 6) is 0. The molecule has 1 N–H and O–H groups in total. The molecule has 1 aromatic carbocycles. The van der Waals surface area contributed by atoms with E-state index in [0.29, 0.717) is 0 Å². The summed E-state index contributed by atoms with van der Waals surface area (Å²) in [4.78, 5) is 3.24. The van der Waals surface area contributed by atoms with Gasteiger partial charge in [-0.25, -0.2) is 0 Å². The Kier molecular flexibility index (Phi) is 2.82. The van der Waals surface area contributed by atoms with Crippen molar-refractivity contribution < 1.29 is 0 Å². The first-order valence-electron chi connectivity index (χ1n) is 5.53. The zero-order chi connectivity index (χ0) is 11.7. The molecule has 3 aromatic rings. The molecular weight excluding hydrogens is 248 g/mol. The molecule has 3 rings (SSSR count). The lowest BCUT2D eigenvalue weighted by molar-refractivity contribution is 0.708. The van der Waals surface area contributed by atoms with Crippen molar-refractivity contribution in [2.45, 2.75) is 13.0 Å². The van der Waals surface area contributed by atoms with E-state index in [0.717, 1.165) is 23.3 Å². The highest BCUT2D eigenvalue weighted by molar-refractivity contribution is 7.71. The highest BCUT2D eigenvalue weighted by Crippen LogP contribution is 2.15. The zero-order valence-electron chi connectivity index (χ0n) is 9.22. The van der Waals surface area contributed by atoms with Crippen molar-refractivity contribution in [1.82, 2.24) is 9.55 Å². The summed E-state index contributed by atoms with van der Waals surface area (Å²) in [6.45, 7) is 0.930. The molecular formula is C13H12N2S2. The number of nitrogens with zero attached hydrogens (tertiary/aromatic N) is 1. The van der Waals surface area contributed by atoms with Crippen LogP contribution >= 0.6 is 23.6 Å². The second-order valence-corrected chi connectivity index (χ2v) is 5.15. The van der Waals surface area contributed by atoms with Gasteiger partial charge in [-0.05, 0) is 53.2 Å². The van der Waals surface area contributed by atoms with Crippen LogP contribution in [0.3, 0.4) is 0 Å². The van der Waals surface area contributed by atoms with Crippen LogP contribution in [0.2, 0.25) is 0 Å². The summed E-state index contributed by atoms with van der Waals surface area (Å²) in [6, 6.07) is 10.4. The van der Waals surface area contributed by atoms with Gasteiger partial charge in [-0.3, -0.25) is 0 Å².